The number of nitrogens with one attached hydrogen (secondary N) is 2. The Labute approximate surface area is 274 Å². The molecule has 1 saturated heterocycles. The van der Waals surface area contributed by atoms with Gasteiger partial charge in [0.1, 0.15) is 11.4 Å². The number of urea groups is 1. The molecule has 1 heterocycles. The summed E-state index contributed by atoms with van der Waals surface area (Å²) >= 11 is 6.26. The van der Waals surface area contributed by atoms with Gasteiger partial charge in [0.15, 0.2) is 11.6 Å². The Kier molecular flexibility index (Phi) is 11.1. The molecule has 0 aliphatic carbocycles. The molecule has 1 aliphatic rings. The number of carbonyl (C=O) groups is 3. The van der Waals surface area contributed by atoms with Gasteiger partial charge in [0.2, 0.25) is 5.91 Å². The fourth-order valence-electron chi connectivity index (χ4n) is 4.95. The number of para-hydroxylation sites is 1. The second-order valence-electron chi connectivity index (χ2n) is 11.9. The van der Waals surface area contributed by atoms with Crippen LogP contribution < -0.4 is 25.9 Å². The number of anilines is 1. The molecule has 0 radical (unpaired) electrons. The molecule has 3 aromatic carbocycles. The van der Waals surface area contributed by atoms with Gasteiger partial charge in [0.25, 0.3) is 0 Å². The average molecular weight is 650 g/mol. The first-order valence-electron chi connectivity index (χ1n) is 15.0. The van der Waals surface area contributed by atoms with Gasteiger partial charge in [-0.05, 0) is 87.2 Å². The number of ether oxygens (including phenoxy) is 2. The quantitative estimate of drug-likeness (QED) is 0.151. The molecule has 12 heteroatoms. The predicted octanol–water partition coefficient (Wildman–Crippen LogP) is 5.73. The molecule has 46 heavy (non-hydrogen) atoms. The molecule has 2 atom stereocenters. The molecule has 1 fully saturated rings. The summed E-state index contributed by atoms with van der Waals surface area (Å²) in [6.07, 6.45) is 0.741. The van der Waals surface area contributed by atoms with Gasteiger partial charge in [-0.25, -0.2) is 9.59 Å². The zero-order chi connectivity index (χ0) is 33.4. The summed E-state index contributed by atoms with van der Waals surface area (Å²) in [6.45, 7) is 7.25. The van der Waals surface area contributed by atoms with Crippen molar-refractivity contribution >= 4 is 41.0 Å². The van der Waals surface area contributed by atoms with Gasteiger partial charge in [0, 0.05) is 17.3 Å². The third-order valence-electron chi connectivity index (χ3n) is 7.24. The van der Waals surface area contributed by atoms with E-state index < -0.39 is 35.5 Å². The number of amidine groups is 1. The summed E-state index contributed by atoms with van der Waals surface area (Å²) in [4.78, 5) is 47.1. The van der Waals surface area contributed by atoms with Crippen molar-refractivity contribution in [1.82, 2.24) is 15.5 Å². The van der Waals surface area contributed by atoms with E-state index in [0.717, 1.165) is 10.5 Å². The van der Waals surface area contributed by atoms with Crippen LogP contribution in [0.1, 0.15) is 61.6 Å². The van der Waals surface area contributed by atoms with Gasteiger partial charge in [-0.15, -0.1) is 0 Å². The SMILES string of the molecule is CC[C@@H](NC(=O)N1C/C(=N/Oc2ccccc2)NC[C@@H](Cc2cc(Cl)ccc2OC)C1=O)c1ccc(C(=O)OC(C)(C)C)c(N)c1. The van der Waals surface area contributed by atoms with Crippen molar-refractivity contribution in [3.8, 4) is 11.5 Å². The minimum Gasteiger partial charge on any atom is -0.496 e. The van der Waals surface area contributed by atoms with Crippen molar-refractivity contribution in [2.45, 2.75) is 52.2 Å². The molecule has 244 valence electrons. The lowest BCUT2D eigenvalue weighted by atomic mass is 9.97. The lowest BCUT2D eigenvalue weighted by Crippen LogP contribution is -2.48. The fourth-order valence-corrected chi connectivity index (χ4v) is 5.15. The summed E-state index contributed by atoms with van der Waals surface area (Å²) < 4.78 is 11.0. The fraction of sp³-hybridized carbons (Fsp3) is 0.353. The lowest BCUT2D eigenvalue weighted by Gasteiger charge is -2.26. The second-order valence-corrected chi connectivity index (χ2v) is 12.3. The summed E-state index contributed by atoms with van der Waals surface area (Å²) in [6, 6.07) is 18.0. The van der Waals surface area contributed by atoms with Crippen LogP contribution in [0, 0.1) is 5.92 Å². The maximum atomic E-state index is 14.0. The van der Waals surface area contributed by atoms with Gasteiger partial charge in [-0.3, -0.25) is 9.69 Å². The van der Waals surface area contributed by atoms with Crippen LogP contribution in [-0.2, 0) is 16.0 Å². The van der Waals surface area contributed by atoms with Crippen molar-refractivity contribution in [3.05, 3.63) is 88.4 Å². The molecular weight excluding hydrogens is 610 g/mol. The van der Waals surface area contributed by atoms with Gasteiger partial charge in [0.05, 0.1) is 31.2 Å². The first-order valence-corrected chi connectivity index (χ1v) is 15.4. The van der Waals surface area contributed by atoms with Crippen molar-refractivity contribution in [1.29, 1.82) is 0 Å². The molecule has 0 spiro atoms. The van der Waals surface area contributed by atoms with E-state index >= 15 is 0 Å². The number of nitrogens with two attached hydrogens (primary N) is 1. The average Bonchev–Trinajstić information content (AvgIpc) is 3.16. The van der Waals surface area contributed by atoms with Crippen molar-refractivity contribution in [2.24, 2.45) is 11.1 Å². The predicted molar refractivity (Wildman–Crippen MR) is 177 cm³/mol. The highest BCUT2D eigenvalue weighted by Gasteiger charge is 2.35. The Morgan fingerprint density at radius 1 is 1.13 bits per heavy atom. The maximum Gasteiger partial charge on any atom is 0.340 e. The van der Waals surface area contributed by atoms with Crippen LogP contribution in [0.3, 0.4) is 0 Å². The number of amides is 3. The Morgan fingerprint density at radius 3 is 2.52 bits per heavy atom. The van der Waals surface area contributed by atoms with Crippen LogP contribution in [0.5, 0.6) is 11.5 Å². The van der Waals surface area contributed by atoms with Crippen molar-refractivity contribution in [2.75, 3.05) is 25.9 Å². The van der Waals surface area contributed by atoms with E-state index in [1.165, 1.54) is 0 Å². The number of esters is 1. The monoisotopic (exact) mass is 649 g/mol. The minimum absolute atomic E-state index is 0.156. The molecule has 4 N–H and O–H groups in total. The molecule has 3 amide bonds. The standard InChI is InChI=1S/C34H40ClN5O6/c1-6-28(21-12-14-26(27(36)18-21)32(42)45-34(2,3)4)38-33(43)40-20-30(39-46-25-10-8-7-9-11-25)37-19-23(31(40)41)16-22-17-24(35)13-15-29(22)44-5/h7-15,17-18,23,28H,6,16,19-20,36H2,1-5H3,(H,37,39)(H,38,43)/t23-,28-/m1/s1. The lowest BCUT2D eigenvalue weighted by molar-refractivity contribution is -0.131. The highest BCUT2D eigenvalue weighted by molar-refractivity contribution is 6.30. The third kappa shape index (κ3) is 8.91. The summed E-state index contributed by atoms with van der Waals surface area (Å²) in [5, 5.41) is 10.9. The highest BCUT2D eigenvalue weighted by atomic mass is 35.5. The van der Waals surface area contributed by atoms with E-state index in [2.05, 4.69) is 15.8 Å². The number of carbonyl (C=O) groups excluding carboxylic acids is 3. The number of hydrogen-bond donors (Lipinski definition) is 3. The molecule has 1 aliphatic heterocycles. The van der Waals surface area contributed by atoms with Gasteiger partial charge in [-0.2, -0.15) is 0 Å². The Balaban J connectivity index is 1.59. The first kappa shape index (κ1) is 34.1. The molecule has 4 rings (SSSR count). The summed E-state index contributed by atoms with van der Waals surface area (Å²) in [5.74, 6) is -0.229. The van der Waals surface area contributed by atoms with Crippen molar-refractivity contribution < 1.29 is 28.7 Å². The molecular formula is C34H40ClN5O6. The van der Waals surface area contributed by atoms with E-state index in [1.807, 2.05) is 25.1 Å². The first-order chi connectivity index (χ1) is 21.9. The van der Waals surface area contributed by atoms with E-state index in [9.17, 15) is 14.4 Å². The number of methoxy groups -OCH3 is 1. The van der Waals surface area contributed by atoms with Crippen LogP contribution in [-0.4, -0.2) is 54.4 Å². The smallest absolute Gasteiger partial charge is 0.340 e. The molecule has 0 unspecified atom stereocenters. The van der Waals surface area contributed by atoms with E-state index in [0.29, 0.717) is 34.3 Å². The zero-order valence-corrected chi connectivity index (χ0v) is 27.4. The minimum atomic E-state index is -0.680. The Hall–Kier alpha value is -4.77. The number of hydrogen-bond acceptors (Lipinski definition) is 8. The second kappa shape index (κ2) is 15.0. The van der Waals surface area contributed by atoms with Crippen LogP contribution in [0.4, 0.5) is 10.5 Å². The number of halogens is 1. The Morgan fingerprint density at radius 2 is 1.87 bits per heavy atom. The van der Waals surface area contributed by atoms with Crippen LogP contribution in [0.15, 0.2) is 71.9 Å². The summed E-state index contributed by atoms with van der Waals surface area (Å²) in [7, 11) is 1.54. The topological polar surface area (TPSA) is 145 Å². The number of benzene rings is 3. The molecule has 3 aromatic rings. The number of nitrogen functional groups attached to an aromatic ring is 1. The number of nitrogens with zero attached hydrogens (tertiary/aromatic N) is 2. The van der Waals surface area contributed by atoms with Gasteiger partial charge in [-0.1, -0.05) is 47.9 Å². The number of oxime groups is 1. The van der Waals surface area contributed by atoms with E-state index in [-0.39, 0.29) is 30.8 Å². The van der Waals surface area contributed by atoms with Crippen LogP contribution in [0.25, 0.3) is 0 Å². The van der Waals surface area contributed by atoms with Crippen LogP contribution in [0.2, 0.25) is 5.02 Å². The molecule has 0 bridgehead atoms. The van der Waals surface area contributed by atoms with E-state index in [1.54, 1.807) is 76.4 Å². The van der Waals surface area contributed by atoms with Gasteiger partial charge < -0.3 is 30.7 Å². The third-order valence-corrected chi connectivity index (χ3v) is 7.47. The number of rotatable bonds is 9. The highest BCUT2D eigenvalue weighted by Crippen LogP contribution is 2.28. The maximum absolute atomic E-state index is 14.0. The number of imide groups is 1. The largest absolute Gasteiger partial charge is 0.496 e. The summed E-state index contributed by atoms with van der Waals surface area (Å²) in [5.41, 5.74) is 7.40. The van der Waals surface area contributed by atoms with Gasteiger partial charge >= 0.3 is 12.0 Å². The van der Waals surface area contributed by atoms with E-state index in [4.69, 9.17) is 31.6 Å². The molecule has 0 saturated carbocycles. The van der Waals surface area contributed by atoms with Crippen LogP contribution >= 0.6 is 11.6 Å². The normalized spacial score (nSPS) is 16.7. The molecule has 11 nitrogen and oxygen atoms in total. The van der Waals surface area contributed by atoms with Crippen molar-refractivity contribution in [3.63, 3.8) is 0 Å². The molecule has 0 aromatic heterocycles. The Bertz CT molecular complexity index is 1590. The zero-order valence-electron chi connectivity index (χ0n) is 26.6.